The number of nitrogens with one attached hydrogen (secondary N) is 1. The Balaban J connectivity index is 2.70. The average molecular weight is 256 g/mol. The number of hydrogen-bond acceptors (Lipinski definition) is 4. The fourth-order valence-corrected chi connectivity index (χ4v) is 1.54. The Morgan fingerprint density at radius 1 is 1.50 bits per heavy atom. The van der Waals surface area contributed by atoms with Gasteiger partial charge in [-0.2, -0.15) is 0 Å². The molecule has 0 aliphatic carbocycles. The highest BCUT2D eigenvalue weighted by Gasteiger charge is 2.08. The van der Waals surface area contributed by atoms with Gasteiger partial charge in [-0.25, -0.2) is 4.39 Å². The third kappa shape index (κ3) is 4.31. The first-order valence-electron chi connectivity index (χ1n) is 5.57. The van der Waals surface area contributed by atoms with Crippen LogP contribution >= 0.6 is 0 Å². The molecule has 0 spiro atoms. The Hall–Kier alpha value is -1.66. The molecule has 0 heterocycles. The van der Waals surface area contributed by atoms with Gasteiger partial charge in [0.15, 0.2) is 0 Å². The van der Waals surface area contributed by atoms with Gasteiger partial charge < -0.3 is 20.4 Å². The topological polar surface area (TPSA) is 72.8 Å². The molecule has 0 aliphatic rings. The minimum atomic E-state index is -0.935. The molecule has 0 aromatic heterocycles. The van der Waals surface area contributed by atoms with E-state index in [1.165, 1.54) is 6.07 Å². The molecule has 0 saturated carbocycles. The predicted octanol–water partition coefficient (Wildman–Crippen LogP) is 0.428. The summed E-state index contributed by atoms with van der Waals surface area (Å²) in [4.78, 5) is 12.0. The summed E-state index contributed by atoms with van der Waals surface area (Å²) in [6.07, 6.45) is 0. The maximum Gasteiger partial charge on any atom is 0.317 e. The van der Waals surface area contributed by atoms with Gasteiger partial charge in [0.25, 0.3) is 0 Å². The number of rotatable bonds is 7. The van der Waals surface area contributed by atoms with E-state index < -0.39 is 5.97 Å². The number of likely N-dealkylation sites (N-methyl/N-ethyl adjacent to an activating group) is 1. The van der Waals surface area contributed by atoms with E-state index in [1.807, 2.05) is 0 Å². The van der Waals surface area contributed by atoms with Gasteiger partial charge in [-0.15, -0.1) is 0 Å². The highest BCUT2D eigenvalue weighted by molar-refractivity contribution is 5.69. The highest BCUT2D eigenvalue weighted by atomic mass is 19.1. The van der Waals surface area contributed by atoms with Crippen molar-refractivity contribution < 1.29 is 19.4 Å². The van der Waals surface area contributed by atoms with Crippen LogP contribution in [0.15, 0.2) is 18.2 Å². The zero-order valence-corrected chi connectivity index (χ0v) is 10.2. The second kappa shape index (κ2) is 6.93. The molecule has 0 aliphatic heterocycles. The number of nitrogens with zero attached hydrogens (tertiary/aromatic N) is 1. The van der Waals surface area contributed by atoms with Gasteiger partial charge in [0, 0.05) is 20.1 Å². The van der Waals surface area contributed by atoms with Gasteiger partial charge in [-0.1, -0.05) is 6.07 Å². The van der Waals surface area contributed by atoms with E-state index >= 15 is 0 Å². The molecule has 1 aromatic rings. The average Bonchev–Trinajstić information content (AvgIpc) is 2.31. The van der Waals surface area contributed by atoms with Crippen LogP contribution in [0.2, 0.25) is 0 Å². The van der Waals surface area contributed by atoms with E-state index in [0.29, 0.717) is 18.8 Å². The standard InChI is InChI=1S/C12H17FN2O3/c1-15(4-5-16)11-6-9(2-3-10(11)13)7-14-8-12(17)18/h2-3,6,14,16H,4-5,7-8H2,1H3,(H,17,18). The summed E-state index contributed by atoms with van der Waals surface area (Å²) < 4.78 is 13.6. The molecule has 3 N–H and O–H groups in total. The molecule has 5 nitrogen and oxygen atoms in total. The molecule has 0 bridgehead atoms. The van der Waals surface area contributed by atoms with Crippen LogP contribution in [0.3, 0.4) is 0 Å². The summed E-state index contributed by atoms with van der Waals surface area (Å²) >= 11 is 0. The third-order valence-electron chi connectivity index (χ3n) is 2.46. The number of aliphatic hydroxyl groups excluding tert-OH is 1. The van der Waals surface area contributed by atoms with Crippen LogP contribution in [-0.4, -0.2) is 42.9 Å². The number of carboxylic acid groups (broad SMARTS) is 1. The number of halogens is 1. The van der Waals surface area contributed by atoms with E-state index in [2.05, 4.69) is 5.32 Å². The van der Waals surface area contributed by atoms with E-state index in [1.54, 1.807) is 24.1 Å². The summed E-state index contributed by atoms with van der Waals surface area (Å²) in [5, 5.41) is 20.0. The van der Waals surface area contributed by atoms with Crippen molar-refractivity contribution in [3.8, 4) is 0 Å². The van der Waals surface area contributed by atoms with Crippen LogP contribution < -0.4 is 10.2 Å². The van der Waals surface area contributed by atoms with Crippen molar-refractivity contribution in [3.05, 3.63) is 29.6 Å². The van der Waals surface area contributed by atoms with Crippen molar-refractivity contribution in [1.82, 2.24) is 5.32 Å². The zero-order valence-electron chi connectivity index (χ0n) is 10.2. The lowest BCUT2D eigenvalue weighted by Crippen LogP contribution is -2.24. The molecule has 1 rings (SSSR count). The summed E-state index contributed by atoms with van der Waals surface area (Å²) in [6.45, 7) is 0.492. The van der Waals surface area contributed by atoms with Crippen LogP contribution in [0, 0.1) is 5.82 Å². The zero-order chi connectivity index (χ0) is 13.5. The Morgan fingerprint density at radius 3 is 2.83 bits per heavy atom. The van der Waals surface area contributed by atoms with E-state index in [9.17, 15) is 9.18 Å². The fraction of sp³-hybridized carbons (Fsp3) is 0.417. The summed E-state index contributed by atoms with van der Waals surface area (Å²) in [6, 6.07) is 4.57. The normalized spacial score (nSPS) is 10.4. The van der Waals surface area contributed by atoms with Crippen molar-refractivity contribution in [2.75, 3.05) is 31.6 Å². The summed E-state index contributed by atoms with van der Waals surface area (Å²) in [5.74, 6) is -1.30. The Morgan fingerprint density at radius 2 is 2.22 bits per heavy atom. The highest BCUT2D eigenvalue weighted by Crippen LogP contribution is 2.19. The van der Waals surface area contributed by atoms with Crippen LogP contribution in [0.25, 0.3) is 0 Å². The molecule has 0 saturated heterocycles. The summed E-state index contributed by atoms with van der Waals surface area (Å²) in [5.41, 5.74) is 1.18. The SMILES string of the molecule is CN(CCO)c1cc(CNCC(=O)O)ccc1F. The number of carboxylic acids is 1. The van der Waals surface area contributed by atoms with Crippen LogP contribution in [-0.2, 0) is 11.3 Å². The molecule has 18 heavy (non-hydrogen) atoms. The number of anilines is 1. The Kier molecular flexibility index (Phi) is 5.54. The predicted molar refractivity (Wildman–Crippen MR) is 66.1 cm³/mol. The Bertz CT molecular complexity index is 412. The van der Waals surface area contributed by atoms with Crippen molar-refractivity contribution in [2.24, 2.45) is 0 Å². The largest absolute Gasteiger partial charge is 0.480 e. The van der Waals surface area contributed by atoms with Crippen LogP contribution in [0.4, 0.5) is 10.1 Å². The number of aliphatic hydroxyl groups is 1. The fourth-order valence-electron chi connectivity index (χ4n) is 1.54. The Labute approximate surface area is 105 Å². The maximum atomic E-state index is 13.6. The molecule has 0 fully saturated rings. The maximum absolute atomic E-state index is 13.6. The molecule has 100 valence electrons. The van der Waals surface area contributed by atoms with Crippen molar-refractivity contribution in [2.45, 2.75) is 6.54 Å². The van der Waals surface area contributed by atoms with Gasteiger partial charge in [-0.3, -0.25) is 4.79 Å². The van der Waals surface area contributed by atoms with Gasteiger partial charge in [0.1, 0.15) is 5.82 Å². The molecular formula is C12H17FN2O3. The monoisotopic (exact) mass is 256 g/mol. The molecule has 1 aromatic carbocycles. The molecular weight excluding hydrogens is 239 g/mol. The van der Waals surface area contributed by atoms with E-state index in [-0.39, 0.29) is 19.0 Å². The number of carbonyl (C=O) groups is 1. The summed E-state index contributed by atoms with van der Waals surface area (Å²) in [7, 11) is 1.68. The molecule has 6 heteroatoms. The number of benzene rings is 1. The van der Waals surface area contributed by atoms with E-state index in [4.69, 9.17) is 10.2 Å². The van der Waals surface area contributed by atoms with Crippen molar-refractivity contribution in [1.29, 1.82) is 0 Å². The second-order valence-electron chi connectivity index (χ2n) is 3.93. The molecule has 0 unspecified atom stereocenters. The first kappa shape index (κ1) is 14.4. The van der Waals surface area contributed by atoms with Crippen molar-refractivity contribution >= 4 is 11.7 Å². The minimum Gasteiger partial charge on any atom is -0.480 e. The molecule has 0 radical (unpaired) electrons. The first-order valence-corrected chi connectivity index (χ1v) is 5.57. The lowest BCUT2D eigenvalue weighted by molar-refractivity contribution is -0.135. The van der Waals surface area contributed by atoms with Crippen molar-refractivity contribution in [3.63, 3.8) is 0 Å². The number of hydrogen-bond donors (Lipinski definition) is 3. The second-order valence-corrected chi connectivity index (χ2v) is 3.93. The first-order chi connectivity index (χ1) is 8.54. The molecule has 0 atom stereocenters. The van der Waals surface area contributed by atoms with Crippen LogP contribution in [0.5, 0.6) is 0 Å². The molecule has 0 amide bonds. The minimum absolute atomic E-state index is 0.0581. The lowest BCUT2D eigenvalue weighted by atomic mass is 10.1. The van der Waals surface area contributed by atoms with Gasteiger partial charge >= 0.3 is 5.97 Å². The van der Waals surface area contributed by atoms with Gasteiger partial charge in [0.05, 0.1) is 18.8 Å². The van der Waals surface area contributed by atoms with Crippen LogP contribution in [0.1, 0.15) is 5.56 Å². The smallest absolute Gasteiger partial charge is 0.317 e. The third-order valence-corrected chi connectivity index (χ3v) is 2.46. The lowest BCUT2D eigenvalue weighted by Gasteiger charge is -2.19. The van der Waals surface area contributed by atoms with E-state index in [0.717, 1.165) is 5.56 Å². The van der Waals surface area contributed by atoms with Gasteiger partial charge in [0.2, 0.25) is 0 Å². The van der Waals surface area contributed by atoms with Gasteiger partial charge in [-0.05, 0) is 17.7 Å². The number of aliphatic carboxylic acids is 1. The quantitative estimate of drug-likeness (QED) is 0.660.